The number of nitrogens with one attached hydrogen (secondary N) is 1. The molecule has 1 atom stereocenters. The summed E-state index contributed by atoms with van der Waals surface area (Å²) in [5, 5.41) is 4.30. The highest BCUT2D eigenvalue weighted by Crippen LogP contribution is 2.30. The molecule has 3 saturated heterocycles. The number of hydrogen-bond donors (Lipinski definition) is 1. The molecule has 0 bridgehead atoms. The second kappa shape index (κ2) is 19.9. The zero-order chi connectivity index (χ0) is 44.6. The Morgan fingerprint density at radius 1 is 0.516 bits per heavy atom. The lowest BCUT2D eigenvalue weighted by Crippen LogP contribution is -2.52. The van der Waals surface area contributed by atoms with Crippen LogP contribution in [0.1, 0.15) is 6.42 Å². The highest BCUT2D eigenvalue weighted by molar-refractivity contribution is 6.31. The highest BCUT2D eigenvalue weighted by Gasteiger charge is 2.43. The summed E-state index contributed by atoms with van der Waals surface area (Å²) < 4.78 is 80.5. The van der Waals surface area contributed by atoms with Crippen LogP contribution in [0.25, 0.3) is 0 Å². The molecule has 4 amide bonds. The minimum Gasteiger partial charge on any atom is -0.406 e. The Morgan fingerprint density at radius 2 is 0.903 bits per heavy atom. The van der Waals surface area contributed by atoms with Crippen LogP contribution in [0.2, 0.25) is 10.0 Å². The second-order valence-corrected chi connectivity index (χ2v) is 14.8. The molecule has 0 spiro atoms. The highest BCUT2D eigenvalue weighted by atomic mass is 35.5. The van der Waals surface area contributed by atoms with E-state index in [-0.39, 0.29) is 41.5 Å². The van der Waals surface area contributed by atoms with E-state index in [0.717, 1.165) is 42.5 Å². The van der Waals surface area contributed by atoms with E-state index in [4.69, 9.17) is 23.2 Å². The van der Waals surface area contributed by atoms with Crippen molar-refractivity contribution < 1.29 is 55.0 Å². The quantitative estimate of drug-likeness (QED) is 0.148. The van der Waals surface area contributed by atoms with Gasteiger partial charge in [0.1, 0.15) is 11.5 Å². The summed E-state index contributed by atoms with van der Waals surface area (Å²) >= 11 is 11.6. The summed E-state index contributed by atoms with van der Waals surface area (Å²) in [7, 11) is 0. The molecule has 0 saturated carbocycles. The maximum Gasteiger partial charge on any atom is 0.573 e. The van der Waals surface area contributed by atoms with Crippen molar-refractivity contribution in [3.63, 3.8) is 0 Å². The molecule has 3 fully saturated rings. The summed E-state index contributed by atoms with van der Waals surface area (Å²) in [5.74, 6) is -1.60. The predicted octanol–water partition coefficient (Wildman–Crippen LogP) is 7.46. The molecule has 4 aliphatic rings. The van der Waals surface area contributed by atoms with Gasteiger partial charge in [-0.15, -0.1) is 26.3 Å². The first-order valence-corrected chi connectivity index (χ1v) is 19.8. The molecule has 8 rings (SSSR count). The van der Waals surface area contributed by atoms with Crippen molar-refractivity contribution in [2.45, 2.75) is 25.2 Å². The molecule has 4 heterocycles. The molecule has 4 aromatic carbocycles. The largest absolute Gasteiger partial charge is 0.573 e. The van der Waals surface area contributed by atoms with Gasteiger partial charge in [0.05, 0.1) is 23.8 Å². The average molecular weight is 908 g/mol. The van der Waals surface area contributed by atoms with Crippen LogP contribution in [0.15, 0.2) is 109 Å². The van der Waals surface area contributed by atoms with Gasteiger partial charge in [0.25, 0.3) is 17.7 Å². The van der Waals surface area contributed by atoms with E-state index >= 15 is 0 Å². The number of halogens is 8. The maximum absolute atomic E-state index is 12.9. The van der Waals surface area contributed by atoms with Crippen LogP contribution in [0, 0.1) is 0 Å². The van der Waals surface area contributed by atoms with Crippen molar-refractivity contribution in [3.8, 4) is 11.5 Å². The van der Waals surface area contributed by atoms with Gasteiger partial charge in [-0.1, -0.05) is 23.2 Å². The molecule has 1 N–H and O–H groups in total. The van der Waals surface area contributed by atoms with Crippen LogP contribution in [-0.4, -0.2) is 99.7 Å². The van der Waals surface area contributed by atoms with Crippen LogP contribution < -0.4 is 34.4 Å². The van der Waals surface area contributed by atoms with Gasteiger partial charge in [-0.2, -0.15) is 0 Å². The number of imide groups is 2. The summed E-state index contributed by atoms with van der Waals surface area (Å²) in [5.41, 5.74) is 2.72. The van der Waals surface area contributed by atoms with Crippen LogP contribution in [0.4, 0.5) is 49.1 Å². The lowest BCUT2D eigenvalue weighted by molar-refractivity contribution is -0.275. The zero-order valence-corrected chi connectivity index (χ0v) is 34.1. The van der Waals surface area contributed by atoms with Gasteiger partial charge < -0.3 is 24.6 Å². The lowest BCUT2D eigenvalue weighted by Gasteiger charge is -2.38. The molecule has 0 aliphatic carbocycles. The van der Waals surface area contributed by atoms with E-state index in [1.807, 2.05) is 9.80 Å². The average Bonchev–Trinajstić information content (AvgIpc) is 3.74. The van der Waals surface area contributed by atoms with E-state index in [2.05, 4.69) is 19.7 Å². The smallest absolute Gasteiger partial charge is 0.406 e. The lowest BCUT2D eigenvalue weighted by atomic mass is 10.1. The number of alkyl halides is 6. The van der Waals surface area contributed by atoms with E-state index in [1.54, 1.807) is 72.8 Å². The van der Waals surface area contributed by atoms with Crippen molar-refractivity contribution in [2.75, 3.05) is 72.0 Å². The predicted molar refractivity (Wildman–Crippen MR) is 221 cm³/mol. The van der Waals surface area contributed by atoms with Gasteiger partial charge in [-0.25, -0.2) is 9.80 Å². The molecular weight excluding hydrogens is 869 g/mol. The minimum atomic E-state index is -4.72. The number of amides is 4. The number of carbonyl (C=O) groups excluding carboxylic acids is 4. The number of carbonyl (C=O) groups is 4. The Morgan fingerprint density at radius 3 is 1.32 bits per heavy atom. The molecule has 4 aromatic rings. The fourth-order valence-corrected chi connectivity index (χ4v) is 7.19. The van der Waals surface area contributed by atoms with Crippen LogP contribution in [-0.2, 0) is 19.2 Å². The molecule has 1 unspecified atom stereocenters. The van der Waals surface area contributed by atoms with E-state index in [1.165, 1.54) is 41.3 Å². The van der Waals surface area contributed by atoms with Crippen LogP contribution >= 0.6 is 23.2 Å². The number of benzene rings is 4. The Hall–Kier alpha value is -5.82. The van der Waals surface area contributed by atoms with Crippen molar-refractivity contribution >= 4 is 69.6 Å². The fraction of sp³-hybridized carbons (Fsp3) is 0.286. The molecule has 0 radical (unpaired) electrons. The number of piperazine rings is 2. The summed E-state index contributed by atoms with van der Waals surface area (Å²) in [6, 6.07) is 24.2. The fourth-order valence-electron chi connectivity index (χ4n) is 6.94. The molecular formula is C42H38Cl2F6N6O6. The molecule has 62 heavy (non-hydrogen) atoms. The zero-order valence-electron chi connectivity index (χ0n) is 32.5. The van der Waals surface area contributed by atoms with Crippen molar-refractivity contribution in [3.05, 3.63) is 119 Å². The normalized spacial score (nSPS) is 18.4. The standard InChI is InChI=1S/C21H19ClF3N3O3.C11H13F3N2O.C10H6ClNO2/c22-14-1-3-16(4-2-14)28-19(29)13-18(20(28)30)27-11-9-26(10-12-27)15-5-7-17(8-6-15)31-21(23,24)25;12-11(13,14)17-10-3-1-9(2-4-10)16-7-5-15-6-8-16;11-7-1-3-8(4-2-7)12-9(13)5-6-10(12)14/h1-8,18H,9-13H2;1-4,15H,5-8H2;1-6H. The monoisotopic (exact) mass is 906 g/mol. The number of ether oxygens (including phenoxy) is 2. The van der Waals surface area contributed by atoms with E-state index < -0.39 is 18.8 Å². The van der Waals surface area contributed by atoms with Gasteiger partial charge in [0.2, 0.25) is 5.91 Å². The Kier molecular flexibility index (Phi) is 14.7. The first-order chi connectivity index (χ1) is 29.4. The molecule has 4 aliphatic heterocycles. The van der Waals surface area contributed by atoms with Gasteiger partial charge in [0.15, 0.2) is 0 Å². The third kappa shape index (κ3) is 12.4. The van der Waals surface area contributed by atoms with Crippen LogP contribution in [0.5, 0.6) is 11.5 Å². The van der Waals surface area contributed by atoms with Gasteiger partial charge in [-0.05, 0) is 97.1 Å². The number of nitrogens with zero attached hydrogens (tertiary/aromatic N) is 5. The van der Waals surface area contributed by atoms with E-state index in [9.17, 15) is 45.5 Å². The van der Waals surface area contributed by atoms with Crippen LogP contribution in [0.3, 0.4) is 0 Å². The van der Waals surface area contributed by atoms with Gasteiger partial charge >= 0.3 is 12.7 Å². The topological polar surface area (TPSA) is 115 Å². The molecule has 12 nitrogen and oxygen atoms in total. The molecule has 328 valence electrons. The SMILES string of the molecule is FC(F)(F)Oc1ccc(N2CCNCC2)cc1.O=C1C=CC(=O)N1c1ccc(Cl)cc1.O=C1CC(N2CCN(c3ccc(OC(F)(F)F)cc3)CC2)C(=O)N1c1ccc(Cl)cc1. The Bertz CT molecular complexity index is 2200. The summed E-state index contributed by atoms with van der Waals surface area (Å²) in [6.45, 7) is 5.77. The minimum absolute atomic E-state index is 0.116. The Labute approximate surface area is 361 Å². The van der Waals surface area contributed by atoms with Crippen molar-refractivity contribution in [1.82, 2.24) is 10.2 Å². The Balaban J connectivity index is 0.000000173. The van der Waals surface area contributed by atoms with Crippen molar-refractivity contribution in [1.29, 1.82) is 0 Å². The molecule has 20 heteroatoms. The van der Waals surface area contributed by atoms with Crippen molar-refractivity contribution in [2.24, 2.45) is 0 Å². The first-order valence-electron chi connectivity index (χ1n) is 19.0. The third-order valence-corrected chi connectivity index (χ3v) is 10.3. The first kappa shape index (κ1) is 45.7. The summed E-state index contributed by atoms with van der Waals surface area (Å²) in [4.78, 5) is 56.3. The second-order valence-electron chi connectivity index (χ2n) is 13.9. The maximum atomic E-state index is 12.9. The van der Waals surface area contributed by atoms with E-state index in [0.29, 0.717) is 47.6 Å². The molecule has 0 aromatic heterocycles. The van der Waals surface area contributed by atoms with Gasteiger partial charge in [-0.3, -0.25) is 24.1 Å². The van der Waals surface area contributed by atoms with Gasteiger partial charge in [0, 0.05) is 85.9 Å². The number of anilines is 4. The third-order valence-electron chi connectivity index (χ3n) is 9.84. The number of hydrogen-bond acceptors (Lipinski definition) is 10. The number of rotatable bonds is 7. The summed E-state index contributed by atoms with van der Waals surface area (Å²) in [6.07, 6.45) is -6.74.